The van der Waals surface area contributed by atoms with Gasteiger partial charge in [-0.15, -0.1) is 0 Å². The van der Waals surface area contributed by atoms with Crippen LogP contribution in [0.5, 0.6) is 5.75 Å². The van der Waals surface area contributed by atoms with Gasteiger partial charge in [-0.3, -0.25) is 0 Å². The summed E-state index contributed by atoms with van der Waals surface area (Å²) in [5.74, 6) is 3.52. The molecule has 0 radical (unpaired) electrons. The number of hydrogen-bond acceptors (Lipinski definition) is 3. The van der Waals surface area contributed by atoms with Gasteiger partial charge in [-0.2, -0.15) is 11.8 Å². The van der Waals surface area contributed by atoms with Gasteiger partial charge in [-0.05, 0) is 55.4 Å². The number of benzene rings is 1. The van der Waals surface area contributed by atoms with Crippen LogP contribution in [0, 0.1) is 13.8 Å². The predicted octanol–water partition coefficient (Wildman–Crippen LogP) is 4.13. The number of hydrogen-bond donors (Lipinski definition) is 0. The largest absolute Gasteiger partial charge is 0.490 e. The lowest BCUT2D eigenvalue weighted by molar-refractivity contribution is -0.116. The molecule has 1 unspecified atom stereocenters. The van der Waals surface area contributed by atoms with Crippen molar-refractivity contribution < 1.29 is 9.47 Å². The van der Waals surface area contributed by atoms with E-state index in [1.165, 1.54) is 35.5 Å². The van der Waals surface area contributed by atoms with Crippen molar-refractivity contribution in [1.82, 2.24) is 0 Å². The van der Waals surface area contributed by atoms with E-state index in [2.05, 4.69) is 43.8 Å². The highest BCUT2D eigenvalue weighted by molar-refractivity contribution is 7.99. The molecule has 0 bridgehead atoms. The Morgan fingerprint density at radius 1 is 1.25 bits per heavy atom. The van der Waals surface area contributed by atoms with Crippen molar-refractivity contribution in [2.45, 2.75) is 51.2 Å². The Hall–Kier alpha value is -0.670. The highest BCUT2D eigenvalue weighted by Gasteiger charge is 2.39. The quantitative estimate of drug-likeness (QED) is 0.816. The van der Waals surface area contributed by atoms with Crippen LogP contribution in [0.2, 0.25) is 0 Å². The molecule has 3 rings (SSSR count). The third-order valence-electron chi connectivity index (χ3n) is 4.49. The fraction of sp³-hybridized carbons (Fsp3) is 0.647. The molecule has 110 valence electrons. The zero-order chi connectivity index (χ0) is 14.0. The smallest absolute Gasteiger partial charge is 0.122 e. The molecule has 2 heterocycles. The van der Waals surface area contributed by atoms with Crippen molar-refractivity contribution in [3.63, 3.8) is 0 Å². The van der Waals surface area contributed by atoms with Crippen LogP contribution in [-0.4, -0.2) is 29.8 Å². The topological polar surface area (TPSA) is 18.5 Å². The monoisotopic (exact) mass is 292 g/mol. The first-order valence-corrected chi connectivity index (χ1v) is 8.78. The number of aryl methyl sites for hydroxylation is 2. The lowest BCUT2D eigenvalue weighted by Crippen LogP contribution is -2.46. The maximum Gasteiger partial charge on any atom is 0.122 e. The molecule has 3 heteroatoms. The summed E-state index contributed by atoms with van der Waals surface area (Å²) >= 11 is 2.05. The number of ether oxygens (including phenoxy) is 2. The standard InChI is InChI=1S/C17H24O2S/c1-13-3-4-14(2)16(11-13)19-15-5-8-18-17(12-15)6-9-20-10-7-17/h3-4,11,15H,5-10,12H2,1-2H3. The van der Waals surface area contributed by atoms with Crippen molar-refractivity contribution in [2.24, 2.45) is 0 Å². The molecule has 2 nitrogen and oxygen atoms in total. The molecule has 2 aliphatic rings. The Bertz CT molecular complexity index is 461. The lowest BCUT2D eigenvalue weighted by atomic mass is 9.86. The summed E-state index contributed by atoms with van der Waals surface area (Å²) in [4.78, 5) is 0. The Balaban J connectivity index is 1.69. The van der Waals surface area contributed by atoms with Crippen LogP contribution in [0.4, 0.5) is 0 Å². The van der Waals surface area contributed by atoms with Crippen LogP contribution in [-0.2, 0) is 4.74 Å². The molecule has 0 aromatic heterocycles. The maximum absolute atomic E-state index is 6.31. The predicted molar refractivity (Wildman–Crippen MR) is 84.8 cm³/mol. The first-order valence-electron chi connectivity index (χ1n) is 7.63. The molecule has 1 spiro atoms. The van der Waals surface area contributed by atoms with E-state index >= 15 is 0 Å². The summed E-state index contributed by atoms with van der Waals surface area (Å²) in [5, 5.41) is 0. The molecule has 2 aliphatic heterocycles. The van der Waals surface area contributed by atoms with Gasteiger partial charge in [-0.1, -0.05) is 12.1 Å². The molecular weight excluding hydrogens is 268 g/mol. The van der Waals surface area contributed by atoms with Gasteiger partial charge in [0.05, 0.1) is 12.2 Å². The van der Waals surface area contributed by atoms with Crippen LogP contribution < -0.4 is 4.74 Å². The summed E-state index contributed by atoms with van der Waals surface area (Å²) in [6.07, 6.45) is 4.75. The minimum Gasteiger partial charge on any atom is -0.490 e. The molecule has 2 saturated heterocycles. The summed E-state index contributed by atoms with van der Waals surface area (Å²) in [6.45, 7) is 5.09. The Labute approximate surface area is 126 Å². The highest BCUT2D eigenvalue weighted by Crippen LogP contribution is 2.38. The van der Waals surface area contributed by atoms with E-state index in [9.17, 15) is 0 Å². The SMILES string of the molecule is Cc1ccc(C)c(OC2CCOC3(CCSCC3)C2)c1. The van der Waals surface area contributed by atoms with Gasteiger partial charge < -0.3 is 9.47 Å². The molecule has 1 aromatic rings. The second-order valence-corrected chi connectivity index (χ2v) is 7.37. The molecular formula is C17H24O2S. The third kappa shape index (κ3) is 3.15. The van der Waals surface area contributed by atoms with E-state index in [4.69, 9.17) is 9.47 Å². The van der Waals surface area contributed by atoms with Crippen molar-refractivity contribution in [3.8, 4) is 5.75 Å². The second-order valence-electron chi connectivity index (χ2n) is 6.15. The summed E-state index contributed by atoms with van der Waals surface area (Å²) in [5.41, 5.74) is 2.60. The maximum atomic E-state index is 6.31. The van der Waals surface area contributed by atoms with Gasteiger partial charge in [0.1, 0.15) is 11.9 Å². The number of thioether (sulfide) groups is 1. The van der Waals surface area contributed by atoms with Crippen molar-refractivity contribution in [2.75, 3.05) is 18.1 Å². The van der Waals surface area contributed by atoms with Crippen LogP contribution >= 0.6 is 11.8 Å². The van der Waals surface area contributed by atoms with Crippen LogP contribution in [0.3, 0.4) is 0 Å². The molecule has 1 atom stereocenters. The molecule has 1 aromatic carbocycles. The molecule has 0 aliphatic carbocycles. The van der Waals surface area contributed by atoms with Crippen molar-refractivity contribution >= 4 is 11.8 Å². The van der Waals surface area contributed by atoms with Gasteiger partial charge in [0.25, 0.3) is 0 Å². The summed E-state index contributed by atoms with van der Waals surface area (Å²) in [6, 6.07) is 6.46. The van der Waals surface area contributed by atoms with Gasteiger partial charge in [-0.25, -0.2) is 0 Å². The molecule has 20 heavy (non-hydrogen) atoms. The van der Waals surface area contributed by atoms with Crippen LogP contribution in [0.15, 0.2) is 18.2 Å². The second kappa shape index (κ2) is 5.98. The average Bonchev–Trinajstić information content (AvgIpc) is 2.44. The van der Waals surface area contributed by atoms with E-state index in [0.29, 0.717) is 6.10 Å². The molecule has 0 amide bonds. The van der Waals surface area contributed by atoms with Gasteiger partial charge in [0, 0.05) is 12.8 Å². The Kier molecular flexibility index (Phi) is 4.27. The third-order valence-corrected chi connectivity index (χ3v) is 5.47. The Morgan fingerprint density at radius 3 is 2.85 bits per heavy atom. The summed E-state index contributed by atoms with van der Waals surface area (Å²) < 4.78 is 12.4. The van der Waals surface area contributed by atoms with Crippen LogP contribution in [0.1, 0.15) is 36.8 Å². The average molecular weight is 292 g/mol. The fourth-order valence-electron chi connectivity index (χ4n) is 3.19. The Morgan fingerprint density at radius 2 is 2.05 bits per heavy atom. The van der Waals surface area contributed by atoms with Gasteiger partial charge >= 0.3 is 0 Å². The zero-order valence-electron chi connectivity index (χ0n) is 12.5. The van der Waals surface area contributed by atoms with E-state index in [-0.39, 0.29) is 5.60 Å². The summed E-state index contributed by atoms with van der Waals surface area (Å²) in [7, 11) is 0. The molecule has 2 fully saturated rings. The van der Waals surface area contributed by atoms with Crippen molar-refractivity contribution in [3.05, 3.63) is 29.3 Å². The first-order chi connectivity index (χ1) is 9.67. The van der Waals surface area contributed by atoms with Gasteiger partial charge in [0.2, 0.25) is 0 Å². The lowest BCUT2D eigenvalue weighted by Gasteiger charge is -2.43. The molecule has 0 N–H and O–H groups in total. The zero-order valence-corrected chi connectivity index (χ0v) is 13.3. The minimum atomic E-state index is 0.103. The normalized spacial score (nSPS) is 25.6. The van der Waals surface area contributed by atoms with E-state index < -0.39 is 0 Å². The van der Waals surface area contributed by atoms with E-state index in [1.807, 2.05) is 0 Å². The molecule has 0 saturated carbocycles. The van der Waals surface area contributed by atoms with Crippen LogP contribution in [0.25, 0.3) is 0 Å². The van der Waals surface area contributed by atoms with E-state index in [1.54, 1.807) is 0 Å². The van der Waals surface area contributed by atoms with E-state index in [0.717, 1.165) is 25.2 Å². The number of rotatable bonds is 2. The minimum absolute atomic E-state index is 0.103. The van der Waals surface area contributed by atoms with Crippen molar-refractivity contribution in [1.29, 1.82) is 0 Å². The highest BCUT2D eigenvalue weighted by atomic mass is 32.2. The fourth-order valence-corrected chi connectivity index (χ4v) is 4.43. The van der Waals surface area contributed by atoms with Gasteiger partial charge in [0.15, 0.2) is 0 Å². The first kappa shape index (κ1) is 14.3.